The van der Waals surface area contributed by atoms with Crippen LogP contribution in [0.15, 0.2) is 54.6 Å². The summed E-state index contributed by atoms with van der Waals surface area (Å²) in [5.41, 5.74) is -0.836. The number of hydrogen-bond donors (Lipinski definition) is 3. The van der Waals surface area contributed by atoms with Crippen molar-refractivity contribution >= 4 is 56.5 Å². The molecule has 152 valence electrons. The molecule has 0 amide bonds. The van der Waals surface area contributed by atoms with E-state index in [9.17, 15) is 23.2 Å². The van der Waals surface area contributed by atoms with Gasteiger partial charge in [-0.15, -0.1) is 0 Å². The van der Waals surface area contributed by atoms with Gasteiger partial charge < -0.3 is 10.2 Å². The molecule has 3 N–H and O–H groups in total. The van der Waals surface area contributed by atoms with Gasteiger partial charge in [0, 0.05) is 21.2 Å². The first kappa shape index (κ1) is 22.0. The number of phenolic OH excluding ortho intramolecular Hbond substituents is 2. The SMILES string of the molecule is O=S(=O)(O)C(c1ccccc1)(c1c(Cl)cccc1Cl)c1c(Cl)cc(Cl)c(O)c1O. The highest BCUT2D eigenvalue weighted by molar-refractivity contribution is 7.87. The fourth-order valence-corrected chi connectivity index (χ4v) is 6.08. The Bertz CT molecular complexity index is 1180. The van der Waals surface area contributed by atoms with E-state index in [0.29, 0.717) is 0 Å². The molecule has 0 aliphatic carbocycles. The van der Waals surface area contributed by atoms with Crippen LogP contribution in [0.5, 0.6) is 11.5 Å². The van der Waals surface area contributed by atoms with Crippen LogP contribution < -0.4 is 0 Å². The Morgan fingerprint density at radius 1 is 0.690 bits per heavy atom. The largest absolute Gasteiger partial charge is 0.504 e. The Hall–Kier alpha value is -1.67. The minimum atomic E-state index is -5.17. The van der Waals surface area contributed by atoms with Crippen molar-refractivity contribution < 1.29 is 23.2 Å². The van der Waals surface area contributed by atoms with Gasteiger partial charge in [-0.1, -0.05) is 82.8 Å². The predicted molar refractivity (Wildman–Crippen MR) is 114 cm³/mol. The molecular weight excluding hydrogens is 482 g/mol. The van der Waals surface area contributed by atoms with Crippen LogP contribution in [-0.4, -0.2) is 23.2 Å². The maximum Gasteiger partial charge on any atom is 0.283 e. The molecule has 10 heteroatoms. The first-order chi connectivity index (χ1) is 13.5. The summed E-state index contributed by atoms with van der Waals surface area (Å²) in [5, 5.41) is 20.0. The van der Waals surface area contributed by atoms with Crippen molar-refractivity contribution in [1.29, 1.82) is 0 Å². The zero-order chi connectivity index (χ0) is 21.6. The topological polar surface area (TPSA) is 94.8 Å². The molecule has 1 atom stereocenters. The fourth-order valence-electron chi connectivity index (χ4n) is 3.26. The van der Waals surface area contributed by atoms with Crippen LogP contribution in [-0.2, 0) is 14.9 Å². The van der Waals surface area contributed by atoms with Crippen LogP contribution in [0.4, 0.5) is 0 Å². The average Bonchev–Trinajstić information content (AvgIpc) is 2.64. The van der Waals surface area contributed by atoms with Gasteiger partial charge in [0.05, 0.1) is 10.0 Å². The summed E-state index contributed by atoms with van der Waals surface area (Å²) in [5.74, 6) is -1.77. The van der Waals surface area contributed by atoms with E-state index in [1.165, 1.54) is 42.5 Å². The number of phenols is 2. The number of hydrogen-bond acceptors (Lipinski definition) is 4. The summed E-state index contributed by atoms with van der Waals surface area (Å²) in [6.07, 6.45) is 0. The molecule has 0 fully saturated rings. The van der Waals surface area contributed by atoms with Gasteiger partial charge in [0.25, 0.3) is 10.1 Å². The Labute approximate surface area is 186 Å². The minimum Gasteiger partial charge on any atom is -0.504 e. The Morgan fingerprint density at radius 2 is 1.24 bits per heavy atom. The van der Waals surface area contributed by atoms with Gasteiger partial charge in [0.15, 0.2) is 16.2 Å². The molecule has 0 bridgehead atoms. The molecule has 0 aromatic heterocycles. The highest BCUT2D eigenvalue weighted by Crippen LogP contribution is 2.56. The zero-order valence-corrected chi connectivity index (χ0v) is 18.1. The standard InChI is InChI=1S/C19H12Cl4O5S/c20-11-7-4-8-12(21)15(11)19(29(26,27)28,10-5-2-1-3-6-10)16-13(22)9-14(23)17(24)18(16)25/h1-9,24-25H,(H,26,27,28). The van der Waals surface area contributed by atoms with Gasteiger partial charge in [-0.05, 0) is 23.8 Å². The van der Waals surface area contributed by atoms with Crippen molar-refractivity contribution in [2.75, 3.05) is 0 Å². The van der Waals surface area contributed by atoms with Crippen LogP contribution in [0.1, 0.15) is 16.7 Å². The van der Waals surface area contributed by atoms with Gasteiger partial charge in [-0.2, -0.15) is 8.42 Å². The van der Waals surface area contributed by atoms with Crippen molar-refractivity contribution in [1.82, 2.24) is 0 Å². The second-order valence-electron chi connectivity index (χ2n) is 6.03. The third-order valence-electron chi connectivity index (χ3n) is 4.41. The second kappa shape index (κ2) is 7.87. The lowest BCUT2D eigenvalue weighted by atomic mass is 9.83. The van der Waals surface area contributed by atoms with Gasteiger partial charge in [-0.25, -0.2) is 0 Å². The van der Waals surface area contributed by atoms with Crippen molar-refractivity contribution in [3.63, 3.8) is 0 Å². The highest BCUT2D eigenvalue weighted by atomic mass is 35.5. The van der Waals surface area contributed by atoms with E-state index >= 15 is 0 Å². The van der Waals surface area contributed by atoms with Crippen molar-refractivity contribution in [2.24, 2.45) is 0 Å². The monoisotopic (exact) mass is 492 g/mol. The van der Waals surface area contributed by atoms with Crippen LogP contribution in [0.3, 0.4) is 0 Å². The molecule has 0 saturated carbocycles. The normalized spacial score (nSPS) is 13.8. The number of halogens is 4. The predicted octanol–water partition coefficient (Wildman–Crippen LogP) is 5.89. The van der Waals surface area contributed by atoms with Gasteiger partial charge in [0.2, 0.25) is 0 Å². The van der Waals surface area contributed by atoms with Crippen LogP contribution in [0, 0.1) is 0 Å². The molecule has 3 aromatic rings. The molecule has 0 aliphatic heterocycles. The molecule has 5 nitrogen and oxygen atoms in total. The Balaban J connectivity index is 2.70. The van der Waals surface area contributed by atoms with E-state index in [-0.39, 0.29) is 31.2 Å². The summed E-state index contributed by atoms with van der Waals surface area (Å²) in [6, 6.07) is 12.7. The Kier molecular flexibility index (Phi) is 5.98. The molecule has 0 spiro atoms. The lowest BCUT2D eigenvalue weighted by Crippen LogP contribution is -2.39. The van der Waals surface area contributed by atoms with Gasteiger partial charge >= 0.3 is 0 Å². The molecular formula is C19H12Cl4O5S. The second-order valence-corrected chi connectivity index (χ2v) is 9.22. The van der Waals surface area contributed by atoms with Crippen molar-refractivity contribution in [3.8, 4) is 11.5 Å². The van der Waals surface area contributed by atoms with Crippen molar-refractivity contribution in [2.45, 2.75) is 4.75 Å². The Morgan fingerprint density at radius 3 is 1.76 bits per heavy atom. The van der Waals surface area contributed by atoms with E-state index in [1.807, 2.05) is 0 Å². The third kappa shape index (κ3) is 3.44. The number of rotatable bonds is 4. The smallest absolute Gasteiger partial charge is 0.283 e. The maximum atomic E-state index is 13.0. The third-order valence-corrected chi connectivity index (χ3v) is 7.05. The van der Waals surface area contributed by atoms with E-state index in [0.717, 1.165) is 6.07 Å². The molecule has 0 heterocycles. The molecule has 3 rings (SSSR count). The van der Waals surface area contributed by atoms with E-state index < -0.39 is 31.9 Å². The lowest BCUT2D eigenvalue weighted by Gasteiger charge is -2.35. The molecule has 0 saturated heterocycles. The van der Waals surface area contributed by atoms with E-state index in [2.05, 4.69) is 0 Å². The maximum absolute atomic E-state index is 13.0. The molecule has 3 aromatic carbocycles. The average molecular weight is 494 g/mol. The number of benzene rings is 3. The van der Waals surface area contributed by atoms with Crippen LogP contribution in [0.25, 0.3) is 0 Å². The summed E-state index contributed by atoms with van der Waals surface area (Å²) in [6.45, 7) is 0. The van der Waals surface area contributed by atoms with Crippen molar-refractivity contribution in [3.05, 3.63) is 91.4 Å². The molecule has 1 unspecified atom stereocenters. The van der Waals surface area contributed by atoms with Gasteiger partial charge in [-0.3, -0.25) is 4.55 Å². The van der Waals surface area contributed by atoms with E-state index in [1.54, 1.807) is 6.07 Å². The summed E-state index contributed by atoms with van der Waals surface area (Å²) in [4.78, 5) is 0. The van der Waals surface area contributed by atoms with Crippen LogP contribution >= 0.6 is 46.4 Å². The molecule has 0 aliphatic rings. The van der Waals surface area contributed by atoms with Gasteiger partial charge in [0.1, 0.15) is 0 Å². The first-order valence-corrected chi connectivity index (χ1v) is 10.9. The first-order valence-electron chi connectivity index (χ1n) is 7.91. The molecule has 0 radical (unpaired) electrons. The summed E-state index contributed by atoms with van der Waals surface area (Å²) < 4.78 is 34.0. The summed E-state index contributed by atoms with van der Waals surface area (Å²) >= 11 is 24.8. The quantitative estimate of drug-likeness (QED) is 0.239. The molecule has 29 heavy (non-hydrogen) atoms. The minimum absolute atomic E-state index is 0.0311. The van der Waals surface area contributed by atoms with E-state index in [4.69, 9.17) is 46.4 Å². The fraction of sp³-hybridized carbons (Fsp3) is 0.0526. The number of aromatic hydroxyl groups is 2. The lowest BCUT2D eigenvalue weighted by molar-refractivity contribution is 0.394. The zero-order valence-electron chi connectivity index (χ0n) is 14.3. The van der Waals surface area contributed by atoms with Crippen LogP contribution in [0.2, 0.25) is 20.1 Å². The highest BCUT2D eigenvalue weighted by Gasteiger charge is 2.54. The summed E-state index contributed by atoms with van der Waals surface area (Å²) in [7, 11) is -5.17.